The highest BCUT2D eigenvalue weighted by Gasteiger charge is 2.39. The summed E-state index contributed by atoms with van der Waals surface area (Å²) in [6.07, 6.45) is 2.05. The van der Waals surface area contributed by atoms with Gasteiger partial charge >= 0.3 is 0 Å². The number of carbonyl (C=O) groups excluding carboxylic acids is 1. The Morgan fingerprint density at radius 3 is 2.38 bits per heavy atom. The molecule has 5 heteroatoms. The Hall–Kier alpha value is -2.30. The predicted molar refractivity (Wildman–Crippen MR) is 104 cm³/mol. The molecule has 26 heavy (non-hydrogen) atoms. The van der Waals surface area contributed by atoms with Gasteiger partial charge in [0.15, 0.2) is 5.60 Å². The summed E-state index contributed by atoms with van der Waals surface area (Å²) in [5.74, 6) is 0.564. The van der Waals surface area contributed by atoms with Crippen LogP contribution in [0.5, 0.6) is 5.75 Å². The summed E-state index contributed by atoms with van der Waals surface area (Å²) in [6, 6.07) is 14.7. The van der Waals surface area contributed by atoms with Crippen molar-refractivity contribution in [3.63, 3.8) is 0 Å². The van der Waals surface area contributed by atoms with Gasteiger partial charge in [0.25, 0.3) is 5.91 Å². The maximum Gasteiger partial charge on any atom is 0.257 e. The van der Waals surface area contributed by atoms with Crippen molar-refractivity contribution in [3.8, 4) is 5.75 Å². The van der Waals surface area contributed by atoms with E-state index in [0.717, 1.165) is 16.9 Å². The van der Waals surface area contributed by atoms with E-state index in [9.17, 15) is 4.79 Å². The standard InChI is InChI=1S/C21H24ClNO3/c1-4-14-21(26-5-2,17-8-10-18(22)11-9-17)20(24)23-15-16-6-12-19(25-3)13-7-16/h4,6-13H,1,5,14-15H2,2-3H3,(H,23,24). The van der Waals surface area contributed by atoms with E-state index in [0.29, 0.717) is 24.6 Å². The summed E-state index contributed by atoms with van der Waals surface area (Å²) in [7, 11) is 1.62. The Bertz CT molecular complexity index is 728. The molecule has 0 aliphatic heterocycles. The van der Waals surface area contributed by atoms with Gasteiger partial charge < -0.3 is 14.8 Å². The van der Waals surface area contributed by atoms with Crippen LogP contribution in [0.25, 0.3) is 0 Å². The molecule has 4 nitrogen and oxygen atoms in total. The minimum absolute atomic E-state index is 0.211. The van der Waals surface area contributed by atoms with E-state index in [4.69, 9.17) is 21.1 Å². The molecule has 0 aliphatic carbocycles. The molecule has 0 fully saturated rings. The van der Waals surface area contributed by atoms with Crippen LogP contribution in [0, 0.1) is 0 Å². The molecule has 0 aromatic heterocycles. The fourth-order valence-corrected chi connectivity index (χ4v) is 2.91. The molecule has 138 valence electrons. The summed E-state index contributed by atoms with van der Waals surface area (Å²) in [6.45, 7) is 6.44. The molecule has 0 saturated heterocycles. The zero-order valence-electron chi connectivity index (χ0n) is 15.1. The summed E-state index contributed by atoms with van der Waals surface area (Å²) in [5, 5.41) is 3.58. The molecule has 1 unspecified atom stereocenters. The normalized spacial score (nSPS) is 12.9. The van der Waals surface area contributed by atoms with Gasteiger partial charge in [0.05, 0.1) is 7.11 Å². The Labute approximate surface area is 159 Å². The Balaban J connectivity index is 2.23. The highest BCUT2D eigenvalue weighted by molar-refractivity contribution is 6.30. The van der Waals surface area contributed by atoms with Crippen LogP contribution in [-0.4, -0.2) is 19.6 Å². The fourth-order valence-electron chi connectivity index (χ4n) is 2.79. The number of benzene rings is 2. The van der Waals surface area contributed by atoms with E-state index in [1.807, 2.05) is 43.3 Å². The molecule has 0 saturated carbocycles. The number of hydrogen-bond donors (Lipinski definition) is 1. The number of carbonyl (C=O) groups is 1. The molecule has 2 aromatic rings. The number of rotatable bonds is 9. The number of ether oxygens (including phenoxy) is 2. The highest BCUT2D eigenvalue weighted by Crippen LogP contribution is 2.32. The Morgan fingerprint density at radius 1 is 1.19 bits per heavy atom. The maximum atomic E-state index is 13.1. The molecule has 1 N–H and O–H groups in total. The van der Waals surface area contributed by atoms with E-state index in [1.165, 1.54) is 0 Å². The lowest BCUT2D eigenvalue weighted by atomic mass is 9.88. The van der Waals surface area contributed by atoms with Gasteiger partial charge in [-0.25, -0.2) is 0 Å². The van der Waals surface area contributed by atoms with Crippen LogP contribution in [0.1, 0.15) is 24.5 Å². The topological polar surface area (TPSA) is 47.6 Å². The average Bonchev–Trinajstić information content (AvgIpc) is 2.66. The molecule has 2 rings (SSSR count). The van der Waals surface area contributed by atoms with E-state index in [-0.39, 0.29) is 5.91 Å². The third-order valence-electron chi connectivity index (χ3n) is 4.11. The largest absolute Gasteiger partial charge is 0.497 e. The second-order valence-corrected chi connectivity index (χ2v) is 6.23. The molecule has 0 spiro atoms. The smallest absolute Gasteiger partial charge is 0.257 e. The van der Waals surface area contributed by atoms with Gasteiger partial charge in [0, 0.05) is 24.6 Å². The quantitative estimate of drug-likeness (QED) is 0.659. The Morgan fingerprint density at radius 2 is 1.85 bits per heavy atom. The lowest BCUT2D eigenvalue weighted by Crippen LogP contribution is -2.46. The lowest BCUT2D eigenvalue weighted by molar-refractivity contribution is -0.148. The zero-order valence-corrected chi connectivity index (χ0v) is 15.9. The third kappa shape index (κ3) is 4.65. The molecule has 0 radical (unpaired) electrons. The lowest BCUT2D eigenvalue weighted by Gasteiger charge is -2.32. The van der Waals surface area contributed by atoms with Crippen molar-refractivity contribution in [2.75, 3.05) is 13.7 Å². The van der Waals surface area contributed by atoms with Gasteiger partial charge in [-0.05, 0) is 42.3 Å². The van der Waals surface area contributed by atoms with E-state index in [1.54, 1.807) is 25.3 Å². The SMILES string of the molecule is C=CCC(OCC)(C(=O)NCc1ccc(OC)cc1)c1ccc(Cl)cc1. The first-order valence-electron chi connectivity index (χ1n) is 8.48. The van der Waals surface area contributed by atoms with Gasteiger partial charge in [-0.2, -0.15) is 0 Å². The molecular formula is C21H24ClNO3. The van der Waals surface area contributed by atoms with Crippen molar-refractivity contribution >= 4 is 17.5 Å². The zero-order chi connectivity index (χ0) is 19.0. The molecular weight excluding hydrogens is 350 g/mol. The monoisotopic (exact) mass is 373 g/mol. The van der Waals surface area contributed by atoms with Crippen LogP contribution in [-0.2, 0) is 21.7 Å². The van der Waals surface area contributed by atoms with Crippen LogP contribution in [0.2, 0.25) is 5.02 Å². The van der Waals surface area contributed by atoms with Crippen molar-refractivity contribution in [2.24, 2.45) is 0 Å². The first-order valence-corrected chi connectivity index (χ1v) is 8.85. The Kier molecular flexibility index (Phi) is 7.25. The van der Waals surface area contributed by atoms with Crippen molar-refractivity contribution in [2.45, 2.75) is 25.5 Å². The van der Waals surface area contributed by atoms with Gasteiger partial charge in [-0.1, -0.05) is 41.9 Å². The number of halogens is 1. The van der Waals surface area contributed by atoms with Crippen LogP contribution in [0.4, 0.5) is 0 Å². The summed E-state index contributed by atoms with van der Waals surface area (Å²) in [4.78, 5) is 13.1. The summed E-state index contributed by atoms with van der Waals surface area (Å²) < 4.78 is 11.1. The number of nitrogens with one attached hydrogen (secondary N) is 1. The van der Waals surface area contributed by atoms with Crippen LogP contribution >= 0.6 is 11.6 Å². The predicted octanol–water partition coefficient (Wildman–Crippen LogP) is 4.47. The fraction of sp³-hybridized carbons (Fsp3) is 0.286. The van der Waals surface area contributed by atoms with Crippen molar-refractivity contribution in [3.05, 3.63) is 77.3 Å². The minimum atomic E-state index is -1.13. The number of methoxy groups -OCH3 is 1. The third-order valence-corrected chi connectivity index (χ3v) is 4.36. The van der Waals surface area contributed by atoms with E-state index in [2.05, 4.69) is 11.9 Å². The molecule has 0 heterocycles. The molecule has 1 atom stereocenters. The van der Waals surface area contributed by atoms with Crippen molar-refractivity contribution in [1.82, 2.24) is 5.32 Å². The second kappa shape index (κ2) is 9.41. The molecule has 2 aromatic carbocycles. The van der Waals surface area contributed by atoms with Crippen LogP contribution < -0.4 is 10.1 Å². The van der Waals surface area contributed by atoms with E-state index < -0.39 is 5.60 Å². The van der Waals surface area contributed by atoms with Gasteiger partial charge in [-0.3, -0.25) is 4.79 Å². The summed E-state index contributed by atoms with van der Waals surface area (Å²) in [5.41, 5.74) is 0.586. The summed E-state index contributed by atoms with van der Waals surface area (Å²) >= 11 is 5.99. The van der Waals surface area contributed by atoms with Crippen molar-refractivity contribution < 1.29 is 14.3 Å². The highest BCUT2D eigenvalue weighted by atomic mass is 35.5. The van der Waals surface area contributed by atoms with Gasteiger partial charge in [0.1, 0.15) is 5.75 Å². The van der Waals surface area contributed by atoms with Gasteiger partial charge in [0.2, 0.25) is 0 Å². The number of amides is 1. The van der Waals surface area contributed by atoms with Crippen LogP contribution in [0.3, 0.4) is 0 Å². The maximum absolute atomic E-state index is 13.1. The van der Waals surface area contributed by atoms with Crippen LogP contribution in [0.15, 0.2) is 61.2 Å². The molecule has 0 bridgehead atoms. The number of hydrogen-bond acceptors (Lipinski definition) is 3. The van der Waals surface area contributed by atoms with E-state index >= 15 is 0 Å². The van der Waals surface area contributed by atoms with Gasteiger partial charge in [-0.15, -0.1) is 6.58 Å². The molecule has 0 aliphatic rings. The minimum Gasteiger partial charge on any atom is -0.497 e. The first kappa shape index (κ1) is 20.0. The van der Waals surface area contributed by atoms with Crippen molar-refractivity contribution in [1.29, 1.82) is 0 Å². The second-order valence-electron chi connectivity index (χ2n) is 5.79. The first-order chi connectivity index (χ1) is 12.6. The average molecular weight is 374 g/mol. The molecule has 1 amide bonds.